The number of rotatable bonds is 12. The third-order valence-electron chi connectivity index (χ3n) is 8.92. The lowest BCUT2D eigenvalue weighted by Crippen LogP contribution is -2.61. The molecule has 2 fully saturated rings. The van der Waals surface area contributed by atoms with Gasteiger partial charge in [-0.15, -0.1) is 0 Å². The maximum Gasteiger partial charge on any atom is 0.305 e. The van der Waals surface area contributed by atoms with Crippen LogP contribution in [0.1, 0.15) is 86.5 Å². The van der Waals surface area contributed by atoms with E-state index in [0.717, 1.165) is 49.7 Å². The molecular weight excluding hydrogens is 456 g/mol. The van der Waals surface area contributed by atoms with Crippen molar-refractivity contribution in [3.63, 3.8) is 0 Å². The molecule has 3 aliphatic rings. The molecule has 1 saturated carbocycles. The molecule has 2 aliphatic carbocycles. The summed E-state index contributed by atoms with van der Waals surface area (Å²) in [6.45, 7) is 17.6. The first kappa shape index (κ1) is 29.1. The quantitative estimate of drug-likeness (QED) is 0.150. The second-order valence-corrected chi connectivity index (χ2v) is 11.3. The van der Waals surface area contributed by atoms with Crippen molar-refractivity contribution in [3.05, 3.63) is 36.0 Å². The van der Waals surface area contributed by atoms with E-state index in [4.69, 9.17) is 18.9 Å². The zero-order chi connectivity index (χ0) is 26.5. The third-order valence-corrected chi connectivity index (χ3v) is 8.92. The number of esters is 1. The molecule has 0 aromatic carbocycles. The van der Waals surface area contributed by atoms with Gasteiger partial charge in [0.05, 0.1) is 17.6 Å². The van der Waals surface area contributed by atoms with E-state index >= 15 is 0 Å². The maximum atomic E-state index is 12.0. The molecule has 8 atom stereocenters. The lowest BCUT2D eigenvalue weighted by Gasteiger charge is -2.60. The van der Waals surface area contributed by atoms with Crippen LogP contribution in [0.15, 0.2) is 36.0 Å². The Balaban J connectivity index is 2.13. The van der Waals surface area contributed by atoms with Crippen LogP contribution in [0.5, 0.6) is 0 Å². The van der Waals surface area contributed by atoms with Gasteiger partial charge < -0.3 is 24.1 Å². The van der Waals surface area contributed by atoms with Gasteiger partial charge in [-0.3, -0.25) is 4.79 Å². The summed E-state index contributed by atoms with van der Waals surface area (Å²) in [6, 6.07) is 0. The van der Waals surface area contributed by atoms with Crippen LogP contribution < -0.4 is 0 Å². The van der Waals surface area contributed by atoms with Crippen molar-refractivity contribution in [1.29, 1.82) is 0 Å². The first-order chi connectivity index (χ1) is 17.1. The number of allylic oxidation sites excluding steroid dienone is 3. The van der Waals surface area contributed by atoms with Crippen LogP contribution in [0.3, 0.4) is 0 Å². The van der Waals surface area contributed by atoms with Gasteiger partial charge in [-0.2, -0.15) is 0 Å². The maximum absolute atomic E-state index is 12.0. The molecule has 1 heterocycles. The summed E-state index contributed by atoms with van der Waals surface area (Å²) in [4.78, 5) is 12.0. The van der Waals surface area contributed by atoms with Gasteiger partial charge in [0.1, 0.15) is 0 Å². The predicted octanol–water partition coefficient (Wildman–Crippen LogP) is 6.10. The third kappa shape index (κ3) is 5.67. The van der Waals surface area contributed by atoms with Gasteiger partial charge in [0, 0.05) is 25.7 Å². The number of hydrogen-bond acceptors (Lipinski definition) is 6. The van der Waals surface area contributed by atoms with Crippen molar-refractivity contribution < 1.29 is 28.8 Å². The Morgan fingerprint density at radius 3 is 2.50 bits per heavy atom. The molecule has 1 aliphatic heterocycles. The highest BCUT2D eigenvalue weighted by Gasteiger charge is 2.68. The highest BCUT2D eigenvalue weighted by atomic mass is 16.8. The SMILES string of the molecule is C=C/C(C)=C\C[C@]1(C)[C@H](C)[C@@H](OCCCC)C[C@@]23C(=C[C@H](O)C[C@@H]12)[C@@H](OC(C)=O)O[C@@H]3OCCCC. The average molecular weight is 505 g/mol. The fourth-order valence-corrected chi connectivity index (χ4v) is 6.59. The van der Waals surface area contributed by atoms with E-state index in [0.29, 0.717) is 19.6 Å². The Bertz CT molecular complexity index is 833. The van der Waals surface area contributed by atoms with Crippen LogP contribution in [0.4, 0.5) is 0 Å². The first-order valence-corrected chi connectivity index (χ1v) is 13.9. The molecule has 6 nitrogen and oxygen atoms in total. The minimum Gasteiger partial charge on any atom is -0.432 e. The Morgan fingerprint density at radius 1 is 1.22 bits per heavy atom. The summed E-state index contributed by atoms with van der Waals surface area (Å²) in [5.41, 5.74) is 1.23. The van der Waals surface area contributed by atoms with E-state index in [9.17, 15) is 9.90 Å². The van der Waals surface area contributed by atoms with Crippen LogP contribution in [0, 0.1) is 22.7 Å². The van der Waals surface area contributed by atoms with E-state index in [1.54, 1.807) is 0 Å². The molecule has 0 aromatic heterocycles. The summed E-state index contributed by atoms with van der Waals surface area (Å²) in [6.07, 6.45) is 10.1. The van der Waals surface area contributed by atoms with Crippen molar-refractivity contribution in [2.75, 3.05) is 13.2 Å². The number of ether oxygens (including phenoxy) is 4. The van der Waals surface area contributed by atoms with Gasteiger partial charge in [-0.1, -0.05) is 70.9 Å². The summed E-state index contributed by atoms with van der Waals surface area (Å²) in [5.74, 6) is -0.106. The summed E-state index contributed by atoms with van der Waals surface area (Å²) < 4.78 is 25.1. The molecule has 1 spiro atoms. The van der Waals surface area contributed by atoms with E-state index in [-0.39, 0.29) is 23.4 Å². The second kappa shape index (κ2) is 12.4. The molecule has 3 rings (SSSR count). The summed E-state index contributed by atoms with van der Waals surface area (Å²) >= 11 is 0. The normalized spacial score (nSPS) is 38.2. The van der Waals surface area contributed by atoms with Crippen molar-refractivity contribution in [3.8, 4) is 0 Å². The molecule has 0 bridgehead atoms. The number of carbonyl (C=O) groups is 1. The van der Waals surface area contributed by atoms with Gasteiger partial charge >= 0.3 is 5.97 Å². The molecule has 36 heavy (non-hydrogen) atoms. The number of aliphatic hydroxyl groups excluding tert-OH is 1. The van der Waals surface area contributed by atoms with Gasteiger partial charge in [-0.05, 0) is 56.3 Å². The highest BCUT2D eigenvalue weighted by Crippen LogP contribution is 2.67. The minimum absolute atomic E-state index is 0.00849. The lowest BCUT2D eigenvalue weighted by molar-refractivity contribution is -0.253. The van der Waals surface area contributed by atoms with Crippen LogP contribution >= 0.6 is 0 Å². The van der Waals surface area contributed by atoms with Crippen molar-refractivity contribution >= 4 is 5.97 Å². The standard InChI is InChI=1S/C30H48O6/c1-8-11-15-33-25-19-30-24(27(35-22(6)31)36-28(30)34-16-12-9-2)17-23(32)18-26(30)29(7,21(25)5)14-13-20(4)10-3/h10,13,17,21,23,25-28,32H,3,8-9,11-12,14-16,18-19H2,1-2,4-7H3/b20-13-/t21-,23+,25+,26+,27+,28+,29-,30-/m1/s1. The zero-order valence-electron chi connectivity index (χ0n) is 23.3. The van der Waals surface area contributed by atoms with Crippen molar-refractivity contribution in [2.24, 2.45) is 22.7 Å². The van der Waals surface area contributed by atoms with Crippen LogP contribution in [-0.2, 0) is 23.7 Å². The molecule has 0 radical (unpaired) electrons. The topological polar surface area (TPSA) is 74.2 Å². The smallest absolute Gasteiger partial charge is 0.305 e. The van der Waals surface area contributed by atoms with E-state index in [2.05, 4.69) is 47.3 Å². The number of aliphatic hydroxyl groups is 1. The Hall–Kier alpha value is -1.47. The number of hydrogen-bond donors (Lipinski definition) is 1. The van der Waals surface area contributed by atoms with Gasteiger partial charge in [0.25, 0.3) is 0 Å². The average Bonchev–Trinajstić information content (AvgIpc) is 3.12. The molecule has 0 aromatic rings. The highest BCUT2D eigenvalue weighted by molar-refractivity contribution is 5.66. The van der Waals surface area contributed by atoms with Gasteiger partial charge in [0.15, 0.2) is 6.29 Å². The molecular formula is C30H48O6. The van der Waals surface area contributed by atoms with Crippen LogP contribution in [0.25, 0.3) is 0 Å². The van der Waals surface area contributed by atoms with Crippen molar-refractivity contribution in [1.82, 2.24) is 0 Å². The molecule has 6 heteroatoms. The summed E-state index contributed by atoms with van der Waals surface area (Å²) in [7, 11) is 0. The van der Waals surface area contributed by atoms with Crippen LogP contribution in [0.2, 0.25) is 0 Å². The Kier molecular flexibility index (Phi) is 10.0. The van der Waals surface area contributed by atoms with E-state index in [1.807, 2.05) is 12.2 Å². The molecule has 0 unspecified atom stereocenters. The summed E-state index contributed by atoms with van der Waals surface area (Å²) in [5, 5.41) is 11.0. The Morgan fingerprint density at radius 2 is 1.89 bits per heavy atom. The molecule has 1 saturated heterocycles. The van der Waals surface area contributed by atoms with Gasteiger partial charge in [-0.25, -0.2) is 0 Å². The Labute approximate surface area is 218 Å². The largest absolute Gasteiger partial charge is 0.432 e. The first-order valence-electron chi connectivity index (χ1n) is 13.9. The van der Waals surface area contributed by atoms with Crippen LogP contribution in [-0.4, -0.2) is 49.1 Å². The monoisotopic (exact) mass is 504 g/mol. The molecule has 1 N–H and O–H groups in total. The molecule has 0 amide bonds. The fourth-order valence-electron chi connectivity index (χ4n) is 6.59. The second-order valence-electron chi connectivity index (χ2n) is 11.3. The van der Waals surface area contributed by atoms with E-state index in [1.165, 1.54) is 6.92 Å². The lowest BCUT2D eigenvalue weighted by atomic mass is 9.45. The predicted molar refractivity (Wildman–Crippen MR) is 141 cm³/mol. The van der Waals surface area contributed by atoms with Gasteiger partial charge in [0.2, 0.25) is 6.29 Å². The van der Waals surface area contributed by atoms with E-state index < -0.39 is 30.1 Å². The molecule has 204 valence electrons. The minimum atomic E-state index is -0.856. The van der Waals surface area contributed by atoms with Crippen molar-refractivity contribution in [2.45, 2.75) is 111 Å². The zero-order valence-corrected chi connectivity index (χ0v) is 23.3. The number of unbranched alkanes of at least 4 members (excludes halogenated alkanes) is 2. The number of carbonyl (C=O) groups excluding carboxylic acids is 1. The fraction of sp³-hybridized carbons (Fsp3) is 0.767.